The average Bonchev–Trinajstić information content (AvgIpc) is 1.62. The van der Waals surface area contributed by atoms with Gasteiger partial charge < -0.3 is 38.8 Å². The molecule has 2 unspecified atom stereocenters. The number of methoxy groups -OCH3 is 2. The molecule has 2 aliphatic carbocycles. The maximum atomic E-state index is 14.7. The summed E-state index contributed by atoms with van der Waals surface area (Å²) < 4.78 is 55.5. The maximum Gasteiger partial charge on any atom is 0.332 e. The van der Waals surface area contributed by atoms with Crippen LogP contribution in [-0.4, -0.2) is 195 Å². The van der Waals surface area contributed by atoms with Crippen molar-refractivity contribution in [1.29, 1.82) is 0 Å². The summed E-state index contributed by atoms with van der Waals surface area (Å²) in [7, 11) is 7.88. The van der Waals surface area contributed by atoms with Gasteiger partial charge >= 0.3 is 17.1 Å². The number of nitrogens with zero attached hydrogens (tertiary/aromatic N) is 16. The molecule has 9 aromatic heterocycles. The van der Waals surface area contributed by atoms with Crippen molar-refractivity contribution >= 4 is 93.9 Å². The van der Waals surface area contributed by atoms with Crippen molar-refractivity contribution in [3.05, 3.63) is 176 Å². The van der Waals surface area contributed by atoms with Crippen molar-refractivity contribution in [1.82, 2.24) is 87.9 Å². The third-order valence-electron chi connectivity index (χ3n) is 20.9. The number of H-pyrrole nitrogens is 2. The number of likely N-dealkylation sites (N-methyl/N-ethyl adjacent to an activating group) is 3. The van der Waals surface area contributed by atoms with E-state index < -0.39 is 81.6 Å². The number of halogens is 2. The van der Waals surface area contributed by atoms with Gasteiger partial charge in [0.05, 0.1) is 92.9 Å². The zero-order valence-electron chi connectivity index (χ0n) is 68.0. The molecule has 0 radical (unpaired) electrons. The van der Waals surface area contributed by atoms with Crippen LogP contribution in [0.3, 0.4) is 0 Å². The Kier molecular flexibility index (Phi) is 28.6. The predicted molar refractivity (Wildman–Crippen MR) is 436 cm³/mol. The fourth-order valence-electron chi connectivity index (χ4n) is 13.6. The highest BCUT2D eigenvalue weighted by atomic mass is 32.1. The number of hydrogen-bond acceptors (Lipinski definition) is 25. The minimum Gasteiger partial charge on any atom is -0.496 e. The highest BCUT2D eigenvalue weighted by molar-refractivity contribution is 7.22. The van der Waals surface area contributed by atoms with E-state index in [9.17, 15) is 66.6 Å². The number of hydrogen-bond donors (Lipinski definition) is 3. The number of amides is 3. The van der Waals surface area contributed by atoms with E-state index in [-0.39, 0.29) is 72.3 Å². The standard InChI is InChI=1S/C31H37FN6O6S.2C16H20N6O3S.C15H19FO4/c1-17(2)35(5)27(40)19(4)37-28(41)26-18(3)29(38-33-13-14-34-38)45-30(26)36(31(37)42)16-25(44-22-10-8-21(39)9-11-22)23-15-20(32)7-12-24(23)43-6;2*1-8(2)20(5)13(23)10(4)21-14(24)11-9(3)15(22-17-6-7-18-22)26-12(11)19-16(21)25;1-19-14-7-2-10(16)8-13(14)15(9-17)20-12-5-3-11(18)4-6-12/h7,12-15,17,19,22,25H,8-11,16H2,1-6H3;2*6-8,10H,1-5H3,(H,19,25);2,7-8,12,15,17H,3-6,9H2,1H3/t19-,25-;;;15-/m0..0/s1. The van der Waals surface area contributed by atoms with E-state index >= 15 is 0 Å². The molecule has 11 aromatic rings. The number of ether oxygens (including phenoxy) is 4. The summed E-state index contributed by atoms with van der Waals surface area (Å²) in [5.41, 5.74) is -0.794. The van der Waals surface area contributed by atoms with E-state index in [2.05, 4.69) is 40.6 Å². The van der Waals surface area contributed by atoms with Crippen LogP contribution in [0.1, 0.15) is 172 Å². The molecule has 2 aromatic carbocycles. The van der Waals surface area contributed by atoms with Crippen molar-refractivity contribution in [2.75, 3.05) is 42.0 Å². The highest BCUT2D eigenvalue weighted by Gasteiger charge is 2.35. The number of aromatic nitrogens is 15. The molecular weight excluding hydrogens is 1580 g/mol. The Morgan fingerprint density at radius 3 is 1.17 bits per heavy atom. The first-order valence-electron chi connectivity index (χ1n) is 37.9. The number of Topliss-reactive ketones (excluding diaryl/α,β-unsaturated/α-hetero) is 2. The molecule has 2 aliphatic rings. The number of rotatable bonds is 23. The summed E-state index contributed by atoms with van der Waals surface area (Å²) in [4.78, 5) is 157. The van der Waals surface area contributed by atoms with E-state index in [4.69, 9.17) is 18.9 Å². The zero-order valence-corrected chi connectivity index (χ0v) is 70.4. The fraction of sp³-hybridized carbons (Fsp3) is 0.474. The second-order valence-electron chi connectivity index (χ2n) is 29.3. The third kappa shape index (κ3) is 19.0. The molecule has 117 heavy (non-hydrogen) atoms. The lowest BCUT2D eigenvalue weighted by Crippen LogP contribution is -2.48. The lowest BCUT2D eigenvalue weighted by Gasteiger charge is -2.29. The van der Waals surface area contributed by atoms with Gasteiger partial charge in [0, 0.05) is 92.8 Å². The number of aliphatic hydroxyl groups excluding tert-OH is 1. The Labute approximate surface area is 680 Å². The topological polar surface area (TPSA) is 398 Å². The molecule has 3 amide bonds. The molecule has 39 heteroatoms. The van der Waals surface area contributed by atoms with Gasteiger partial charge in [-0.15, -0.1) is 14.4 Å². The van der Waals surface area contributed by atoms with Crippen LogP contribution >= 0.6 is 34.0 Å². The molecule has 0 spiro atoms. The van der Waals surface area contributed by atoms with Gasteiger partial charge in [0.1, 0.15) is 94.5 Å². The minimum atomic E-state index is -1.12. The third-order valence-corrected chi connectivity index (χ3v) is 24.5. The molecule has 0 aliphatic heterocycles. The molecule has 34 nitrogen and oxygen atoms in total. The van der Waals surface area contributed by atoms with Gasteiger partial charge in [0.25, 0.3) is 16.7 Å². The van der Waals surface area contributed by atoms with Crippen molar-refractivity contribution in [3.63, 3.8) is 0 Å². The summed E-state index contributed by atoms with van der Waals surface area (Å²) in [6.07, 6.45) is 11.2. The molecule has 3 N–H and O–H groups in total. The van der Waals surface area contributed by atoms with Crippen molar-refractivity contribution in [2.24, 2.45) is 0 Å². The van der Waals surface area contributed by atoms with Crippen LogP contribution in [0.25, 0.3) is 45.7 Å². The van der Waals surface area contributed by atoms with Gasteiger partial charge in [-0.3, -0.25) is 52.9 Å². The van der Waals surface area contributed by atoms with Crippen LogP contribution in [0.4, 0.5) is 8.78 Å². The van der Waals surface area contributed by atoms with Gasteiger partial charge in [0.2, 0.25) is 17.7 Å². The second kappa shape index (κ2) is 37.9. The Balaban J connectivity index is 0.000000173. The van der Waals surface area contributed by atoms with Gasteiger partial charge in [-0.25, -0.2) is 36.9 Å². The highest BCUT2D eigenvalue weighted by Crippen LogP contribution is 2.38. The van der Waals surface area contributed by atoms with Crippen LogP contribution in [0.5, 0.6) is 11.5 Å². The van der Waals surface area contributed by atoms with Crippen LogP contribution in [0.2, 0.25) is 0 Å². The molecule has 2 fully saturated rings. The first-order chi connectivity index (χ1) is 55.5. The Bertz CT molecular complexity index is 5630. The number of carbonyl (C=O) groups is 5. The number of aliphatic hydroxyl groups is 1. The van der Waals surface area contributed by atoms with Gasteiger partial charge in [0.15, 0.2) is 0 Å². The van der Waals surface area contributed by atoms with E-state index in [0.29, 0.717) is 131 Å². The number of carbonyl (C=O) groups excluding carboxylic acids is 5. The fourth-order valence-corrected chi connectivity index (χ4v) is 17.0. The summed E-state index contributed by atoms with van der Waals surface area (Å²) >= 11 is 3.61. The quantitative estimate of drug-likeness (QED) is 0.0540. The Morgan fingerprint density at radius 1 is 0.496 bits per heavy atom. The van der Waals surface area contributed by atoms with Crippen molar-refractivity contribution < 1.29 is 56.8 Å². The molecule has 5 atom stereocenters. The van der Waals surface area contributed by atoms with E-state index in [1.807, 2.05) is 41.5 Å². The summed E-state index contributed by atoms with van der Waals surface area (Å²) in [6.45, 7) is 20.7. The maximum absolute atomic E-state index is 14.7. The lowest BCUT2D eigenvalue weighted by atomic mass is 9.96. The average molecular weight is 1680 g/mol. The smallest absolute Gasteiger partial charge is 0.332 e. The van der Waals surface area contributed by atoms with E-state index in [0.717, 1.165) is 25.0 Å². The molecule has 0 saturated heterocycles. The number of nitrogens with one attached hydrogen (secondary N) is 2. The number of thiophene rings is 3. The number of aromatic amines is 2. The zero-order chi connectivity index (χ0) is 85.5. The first-order valence-corrected chi connectivity index (χ1v) is 40.3. The van der Waals surface area contributed by atoms with Crippen LogP contribution < -0.4 is 43.2 Å². The Hall–Kier alpha value is -11.1. The van der Waals surface area contributed by atoms with Crippen LogP contribution in [0, 0.1) is 32.4 Å². The normalized spacial score (nSPS) is 14.7. The molecule has 13 rings (SSSR count). The molecule has 0 bridgehead atoms. The summed E-state index contributed by atoms with van der Waals surface area (Å²) in [5, 5.41) is 37.1. The SMILES string of the molecule is COc1ccc(F)cc1[C@H](CO)OC1CCC(=O)CC1.COc1ccc(F)cc1[C@H](Cn1c(=O)n([C@@H](C)C(=O)N(C)C(C)C)c(=O)c2c(C)c(-n3nccn3)sc21)OC1CCC(=O)CC1.Cc1c(-n2nccn2)sc2[nH]c(=O)n(C(C)C(=O)N(C)C(C)C)c(=O)c12.Cc1c(-n2nccn2)sc2[nH]c(=O)n(C(C)C(=O)N(C)C(C)C)c(=O)c12. The van der Waals surface area contributed by atoms with E-state index in [1.54, 1.807) is 55.8 Å². The molecular formula is C78H96F2N18O16S3. The van der Waals surface area contributed by atoms with Gasteiger partial charge in [-0.2, -0.15) is 30.6 Å². The molecule has 9 heterocycles. The largest absolute Gasteiger partial charge is 0.496 e. The number of aryl methyl sites for hydroxylation is 3. The molecule has 626 valence electrons. The molecule has 2 saturated carbocycles. The number of benzene rings is 2. The summed E-state index contributed by atoms with van der Waals surface area (Å²) in [5.74, 6) is -0.676. The number of fused-ring (bicyclic) bond motifs is 3. The van der Waals surface area contributed by atoms with Crippen LogP contribution in [0.15, 0.2) is 102 Å². The lowest BCUT2D eigenvalue weighted by molar-refractivity contribution is -0.135. The minimum absolute atomic E-state index is 0.0381. The second-order valence-corrected chi connectivity index (χ2v) is 32.2. The Morgan fingerprint density at radius 2 is 0.821 bits per heavy atom. The van der Waals surface area contributed by atoms with Crippen molar-refractivity contribution in [2.45, 2.75) is 202 Å². The van der Waals surface area contributed by atoms with E-state index in [1.165, 1.54) is 151 Å². The monoisotopic (exact) mass is 1670 g/mol. The number of ketones is 2. The predicted octanol–water partition coefficient (Wildman–Crippen LogP) is 8.49. The van der Waals surface area contributed by atoms with Gasteiger partial charge in [-0.1, -0.05) is 34.0 Å². The van der Waals surface area contributed by atoms with Crippen LogP contribution in [-0.2, 0) is 40.0 Å². The van der Waals surface area contributed by atoms with Crippen molar-refractivity contribution in [3.8, 4) is 26.5 Å². The first kappa shape index (κ1) is 88.2. The van der Waals surface area contributed by atoms with Gasteiger partial charge in [-0.05, 0) is 145 Å². The summed E-state index contributed by atoms with van der Waals surface area (Å²) in [6, 6.07) is 5.02.